The number of carbonyl (C=O) groups is 7. The molecular formula is C72H72Cl2N8O28. The number of hydrogen-bond donors (Lipinski definition) is 22. The van der Waals surface area contributed by atoms with E-state index in [0.29, 0.717) is 5.56 Å². The van der Waals surface area contributed by atoms with Gasteiger partial charge in [0.1, 0.15) is 125 Å². The standard InChI is InChI=1S/C72H72Cl2N8O28/c1-25(86)77-56-61(94)59(92)48(23-84)108-71(56)110-64-29-5-9-43(39(74)15-29)106-47-18-31-17-46(58(47)91)105-42-8-2-26(11-38(42)73)10-32(22-83)78-65(97)51(75)27-3-7-41(90)44(16-27)104-35-13-30(12-33(87)19-35)52(76)66(98)79-54(31)68(100)80-53-28-4-6-40(89)36(14-28)50-37(55(70(102)103)81-69(101)57(64)82-67(53)99)20-34(88)21-45(50)107-72-63(96)62(95)60(93)49(24-85)109-72/h2-9,11-21,32,48-49,51-57,59-64,71-72,83-85,87-96H,10,22-24,75-76H2,1H3,(H,77,86)(H,78,97)(H,79,98)(H,80,100)(H,81,101)(H,82,99)(H,102,103)/t32-,48-,49-,51-,52+,53-,54-,55+,56-,57+,59-,60-,61-,62+,63+,64-,71+,72+/m1/s1. The highest BCUT2D eigenvalue weighted by Crippen LogP contribution is 2.49. The van der Waals surface area contributed by atoms with Crippen LogP contribution >= 0.6 is 23.2 Å². The number of aromatic hydroxyl groups is 5. The number of phenolic OH excluding ortho intramolecular Hbond substituents is 5. The number of nitrogens with one attached hydrogen (secondary N) is 6. The van der Waals surface area contributed by atoms with Gasteiger partial charge in [-0.15, -0.1) is 0 Å². The van der Waals surface area contributed by atoms with Crippen LogP contribution in [0.2, 0.25) is 10.0 Å². The average molecular weight is 1570 g/mol. The molecule has 36 nitrogen and oxygen atoms in total. The van der Waals surface area contributed by atoms with E-state index in [2.05, 4.69) is 31.9 Å². The van der Waals surface area contributed by atoms with Crippen LogP contribution in [0, 0.1) is 0 Å². The first-order chi connectivity index (χ1) is 52.3. The molecule has 0 aliphatic carbocycles. The second-order valence-electron chi connectivity index (χ2n) is 26.3. The van der Waals surface area contributed by atoms with E-state index in [4.69, 9.17) is 67.8 Å². The van der Waals surface area contributed by atoms with Crippen LogP contribution in [0.15, 0.2) is 115 Å². The number of carbonyl (C=O) groups excluding carboxylic acids is 6. The Morgan fingerprint density at radius 2 is 1.12 bits per heavy atom. The number of ether oxygens (including phenoxy) is 7. The largest absolute Gasteiger partial charge is 0.508 e. The van der Waals surface area contributed by atoms with Crippen molar-refractivity contribution in [1.29, 1.82) is 0 Å². The number of carboxylic acid groups (broad SMARTS) is 1. The molecule has 0 saturated carbocycles. The number of hydrogen-bond acceptors (Lipinski definition) is 29. The Morgan fingerprint density at radius 3 is 1.77 bits per heavy atom. The van der Waals surface area contributed by atoms with Gasteiger partial charge in [0, 0.05) is 35.7 Å². The van der Waals surface area contributed by atoms with Crippen LogP contribution in [0.4, 0.5) is 0 Å². The minimum Gasteiger partial charge on any atom is -0.508 e. The van der Waals surface area contributed by atoms with Crippen molar-refractivity contribution in [3.8, 4) is 80.1 Å². The number of halogens is 2. The monoisotopic (exact) mass is 1570 g/mol. The molecule has 7 aliphatic heterocycles. The second kappa shape index (κ2) is 32.3. The third-order valence-electron chi connectivity index (χ3n) is 18.8. The lowest BCUT2D eigenvalue weighted by Gasteiger charge is -2.44. The molecule has 15 bridgehead atoms. The normalized spacial score (nSPS) is 27.8. The Hall–Kier alpha value is -10.9. The van der Waals surface area contributed by atoms with Crippen molar-refractivity contribution in [3.63, 3.8) is 0 Å². The molecule has 7 aliphatic rings. The number of benzene rings is 7. The Labute approximate surface area is 630 Å². The fraction of sp³-hybridized carbons (Fsp3) is 0.319. The van der Waals surface area contributed by atoms with Crippen molar-refractivity contribution in [2.24, 2.45) is 11.5 Å². The molecule has 6 amide bonds. The van der Waals surface area contributed by atoms with Gasteiger partial charge in [-0.3, -0.25) is 28.8 Å². The fourth-order valence-corrected chi connectivity index (χ4v) is 13.6. The number of amides is 6. The van der Waals surface area contributed by atoms with Crippen molar-refractivity contribution in [1.82, 2.24) is 31.9 Å². The molecule has 7 heterocycles. The SMILES string of the molecule is CC(=O)N[C@H]1[C@H](O[C@@H]2c3ccc(c(Cl)c3)Oc3cc4cc(c3O)Oc3ccc(cc3Cl)C[C@H](CO)NC(=O)[C@H](N)c3ccc(O)c(c3)Oc3cc(O)cc(c3)[C@H](N)C(=O)N[C@H]4C(=O)N[C@H]3C(=O)N[C@@H]2C(=O)N[C@H](C(=O)O)c2cc(O)cc(O[C@H]4O[C@H](CO)[C@@H](O)[C@H](O)[C@@H]4O)c2-c2cc3ccc2O)O[C@H](CO)[C@@H](O)[C@@H]1O. The van der Waals surface area contributed by atoms with Gasteiger partial charge in [0.15, 0.2) is 35.3 Å². The van der Waals surface area contributed by atoms with Gasteiger partial charge in [-0.25, -0.2) is 4.79 Å². The zero-order valence-electron chi connectivity index (χ0n) is 57.1. The summed E-state index contributed by atoms with van der Waals surface area (Å²) in [5.41, 5.74) is 10.2. The lowest BCUT2D eigenvalue weighted by atomic mass is 9.89. The minimum absolute atomic E-state index is 0.0810. The lowest BCUT2D eigenvalue weighted by Crippen LogP contribution is -2.65. The number of aliphatic carboxylic acids is 1. The molecular weight excluding hydrogens is 1500 g/mol. The first kappa shape index (κ1) is 78.7. The maximum Gasteiger partial charge on any atom is 0.330 e. The van der Waals surface area contributed by atoms with Crippen molar-refractivity contribution in [3.05, 3.63) is 164 Å². The Balaban J connectivity index is 1.09. The zero-order valence-corrected chi connectivity index (χ0v) is 58.6. The van der Waals surface area contributed by atoms with Gasteiger partial charge in [0.05, 0.1) is 35.9 Å². The number of fused-ring (bicyclic) bond motifs is 15. The summed E-state index contributed by atoms with van der Waals surface area (Å²) in [6, 6.07) is 5.04. The van der Waals surface area contributed by atoms with Crippen molar-refractivity contribution >= 4 is 64.6 Å². The maximum absolute atomic E-state index is 16.2. The van der Waals surface area contributed by atoms with Gasteiger partial charge in [-0.1, -0.05) is 47.5 Å². The molecule has 7 aromatic rings. The van der Waals surface area contributed by atoms with Crippen LogP contribution in [-0.4, -0.2) is 206 Å². The summed E-state index contributed by atoms with van der Waals surface area (Å²) in [6.07, 6.45) is -20.3. The van der Waals surface area contributed by atoms with Crippen LogP contribution in [0.3, 0.4) is 0 Å². The summed E-state index contributed by atoms with van der Waals surface area (Å²) < 4.78 is 42.9. The molecule has 7 aromatic carbocycles. The predicted octanol–water partition coefficient (Wildman–Crippen LogP) is 0.247. The van der Waals surface area contributed by atoms with Crippen molar-refractivity contribution in [2.45, 2.75) is 123 Å². The maximum atomic E-state index is 16.2. The van der Waals surface area contributed by atoms with E-state index in [0.717, 1.165) is 91.9 Å². The average Bonchev–Trinajstić information content (AvgIpc) is 0.738. The number of nitrogens with two attached hydrogens (primary N) is 2. The summed E-state index contributed by atoms with van der Waals surface area (Å²) >= 11 is 14.1. The number of carboxylic acids is 1. The third-order valence-corrected chi connectivity index (χ3v) is 19.4. The number of aliphatic hydroxyl groups excluding tert-OH is 8. The first-order valence-corrected chi connectivity index (χ1v) is 34.3. The molecule has 0 unspecified atom stereocenters. The van der Waals surface area contributed by atoms with E-state index >= 15 is 19.2 Å². The molecule has 2 fully saturated rings. The quantitative estimate of drug-likeness (QED) is 0.0921. The van der Waals surface area contributed by atoms with E-state index in [1.807, 2.05) is 0 Å². The van der Waals surface area contributed by atoms with Crippen molar-refractivity contribution < 1.29 is 138 Å². The molecule has 2 saturated heterocycles. The highest BCUT2D eigenvalue weighted by molar-refractivity contribution is 6.32. The number of rotatable bonds is 9. The van der Waals surface area contributed by atoms with Crippen LogP contribution < -0.4 is 62.3 Å². The topological polar surface area (TPSA) is 592 Å². The predicted molar refractivity (Wildman–Crippen MR) is 375 cm³/mol. The Morgan fingerprint density at radius 1 is 0.536 bits per heavy atom. The third kappa shape index (κ3) is 16.2. The fourth-order valence-electron chi connectivity index (χ4n) is 13.1. The summed E-state index contributed by atoms with van der Waals surface area (Å²) in [6.45, 7) is -1.67. The Kier molecular flexibility index (Phi) is 23.1. The van der Waals surface area contributed by atoms with Crippen molar-refractivity contribution in [2.75, 3.05) is 19.8 Å². The molecule has 18 atom stereocenters. The Bertz CT molecular complexity index is 4770. The summed E-state index contributed by atoms with van der Waals surface area (Å²) in [5, 5.41) is 171. The van der Waals surface area contributed by atoms with Crippen LogP contribution in [-0.2, 0) is 54.2 Å². The smallest absolute Gasteiger partial charge is 0.330 e. The molecule has 110 heavy (non-hydrogen) atoms. The second-order valence-corrected chi connectivity index (χ2v) is 27.1. The highest BCUT2D eigenvalue weighted by atomic mass is 35.5. The molecule has 38 heteroatoms. The van der Waals surface area contributed by atoms with Crippen LogP contribution in [0.1, 0.15) is 82.2 Å². The first-order valence-electron chi connectivity index (χ1n) is 33.6. The van der Waals surface area contributed by atoms with E-state index in [9.17, 15) is 85.9 Å². The molecule has 0 radical (unpaired) electrons. The molecule has 24 N–H and O–H groups in total. The van der Waals surface area contributed by atoms with Crippen LogP contribution in [0.25, 0.3) is 11.1 Å². The summed E-state index contributed by atoms with van der Waals surface area (Å²) in [5.74, 6) is -16.4. The van der Waals surface area contributed by atoms with Crippen LogP contribution in [0.5, 0.6) is 69.0 Å². The summed E-state index contributed by atoms with van der Waals surface area (Å²) in [7, 11) is 0. The number of phenols is 5. The zero-order chi connectivity index (χ0) is 79.2. The molecule has 14 rings (SSSR count). The van der Waals surface area contributed by atoms with Gasteiger partial charge in [-0.05, 0) is 119 Å². The molecule has 0 aromatic heterocycles. The van der Waals surface area contributed by atoms with E-state index in [1.54, 1.807) is 0 Å². The molecule has 582 valence electrons. The molecule has 0 spiro atoms. The van der Waals surface area contributed by atoms with E-state index < -0.39 is 256 Å². The van der Waals surface area contributed by atoms with Gasteiger partial charge in [0.25, 0.3) is 0 Å². The summed E-state index contributed by atoms with van der Waals surface area (Å²) in [4.78, 5) is 104. The number of aliphatic hydroxyl groups is 8. The van der Waals surface area contributed by atoms with E-state index in [1.165, 1.54) is 30.3 Å². The van der Waals surface area contributed by atoms with Gasteiger partial charge in [-0.2, -0.15) is 0 Å². The van der Waals surface area contributed by atoms with Gasteiger partial charge in [0.2, 0.25) is 47.5 Å². The lowest BCUT2D eigenvalue weighted by molar-refractivity contribution is -0.284. The van der Waals surface area contributed by atoms with Gasteiger partial charge >= 0.3 is 5.97 Å². The minimum atomic E-state index is -2.49. The van der Waals surface area contributed by atoms with Gasteiger partial charge < -0.3 is 148 Å². The highest BCUT2D eigenvalue weighted by Gasteiger charge is 2.50. The van der Waals surface area contributed by atoms with E-state index in [-0.39, 0.29) is 45.4 Å².